The van der Waals surface area contributed by atoms with Gasteiger partial charge in [-0.2, -0.15) is 5.10 Å². The lowest BCUT2D eigenvalue weighted by atomic mass is 10.2. The summed E-state index contributed by atoms with van der Waals surface area (Å²) in [6, 6.07) is 14.9. The van der Waals surface area contributed by atoms with Crippen molar-refractivity contribution in [1.29, 1.82) is 0 Å². The third-order valence-electron chi connectivity index (χ3n) is 3.27. The third kappa shape index (κ3) is 2.80. The number of nitrogens with one attached hydrogen (secondary N) is 2. The summed E-state index contributed by atoms with van der Waals surface area (Å²) >= 11 is 0. The molecule has 2 amide bonds. The second-order valence-corrected chi connectivity index (χ2v) is 4.72. The van der Waals surface area contributed by atoms with Gasteiger partial charge in [-0.25, -0.2) is 10.2 Å². The number of carbonyl (C=O) groups excluding carboxylic acids is 1. The van der Waals surface area contributed by atoms with E-state index in [0.717, 1.165) is 0 Å². The number of carbonyl (C=O) groups is 1. The zero-order chi connectivity index (χ0) is 16.2. The van der Waals surface area contributed by atoms with Crippen molar-refractivity contribution in [2.24, 2.45) is 10.3 Å². The quantitative estimate of drug-likeness (QED) is 0.486. The maximum Gasteiger partial charge on any atom is 0.339 e. The number of para-hydroxylation sites is 1. The molecule has 3 aromatic rings. The fourth-order valence-corrected chi connectivity index (χ4v) is 2.24. The molecule has 0 aliphatic carbocycles. The molecule has 0 saturated heterocycles. The first-order valence-corrected chi connectivity index (χ1v) is 6.77. The molecule has 0 heterocycles. The molecule has 0 saturated carbocycles. The Morgan fingerprint density at radius 3 is 2.26 bits per heavy atom. The SMILES string of the molecule is O=C(NN=c1c(=O)c2ccccc2c1=NO)Nc1ccccc1. The van der Waals surface area contributed by atoms with Crippen molar-refractivity contribution in [3.05, 3.63) is 75.5 Å². The van der Waals surface area contributed by atoms with Gasteiger partial charge >= 0.3 is 6.03 Å². The molecule has 0 aliphatic heterocycles. The van der Waals surface area contributed by atoms with Crippen LogP contribution in [0.2, 0.25) is 0 Å². The zero-order valence-corrected chi connectivity index (χ0v) is 11.9. The maximum absolute atomic E-state index is 12.2. The number of urea groups is 1. The number of amides is 2. The molecule has 0 unspecified atom stereocenters. The van der Waals surface area contributed by atoms with Crippen LogP contribution < -0.4 is 26.9 Å². The van der Waals surface area contributed by atoms with Crippen LogP contribution in [0.4, 0.5) is 10.5 Å². The number of fused-ring (bicyclic) bond motifs is 1. The average molecular weight is 308 g/mol. The monoisotopic (exact) mass is 308 g/mol. The van der Waals surface area contributed by atoms with Crippen molar-refractivity contribution in [2.45, 2.75) is 0 Å². The largest absolute Gasteiger partial charge is 0.410 e. The summed E-state index contributed by atoms with van der Waals surface area (Å²) in [5.74, 6) is 0. The van der Waals surface area contributed by atoms with Gasteiger partial charge in [0, 0.05) is 16.5 Å². The van der Waals surface area contributed by atoms with Crippen LogP contribution in [0.5, 0.6) is 0 Å². The van der Waals surface area contributed by atoms with Crippen molar-refractivity contribution >= 4 is 22.5 Å². The van der Waals surface area contributed by atoms with E-state index in [0.29, 0.717) is 16.5 Å². The highest BCUT2D eigenvalue weighted by atomic mass is 16.4. The van der Waals surface area contributed by atoms with Gasteiger partial charge < -0.3 is 10.5 Å². The predicted octanol–water partition coefficient (Wildman–Crippen LogP) is 1.00. The zero-order valence-electron chi connectivity index (χ0n) is 11.9. The highest BCUT2D eigenvalue weighted by Gasteiger charge is 2.09. The Morgan fingerprint density at radius 2 is 1.57 bits per heavy atom. The molecule has 3 rings (SSSR count). The van der Waals surface area contributed by atoms with E-state index in [4.69, 9.17) is 5.21 Å². The van der Waals surface area contributed by atoms with Crippen molar-refractivity contribution in [2.75, 3.05) is 5.32 Å². The molecule has 7 heteroatoms. The molecule has 0 aliphatic rings. The summed E-state index contributed by atoms with van der Waals surface area (Å²) in [6.45, 7) is 0. The van der Waals surface area contributed by atoms with E-state index in [-0.39, 0.29) is 10.7 Å². The Bertz CT molecular complexity index is 1020. The van der Waals surface area contributed by atoms with Crippen LogP contribution in [-0.2, 0) is 0 Å². The first-order valence-electron chi connectivity index (χ1n) is 6.77. The van der Waals surface area contributed by atoms with Crippen LogP contribution in [0.1, 0.15) is 0 Å². The Hall–Kier alpha value is -3.48. The van der Waals surface area contributed by atoms with Gasteiger partial charge in [-0.1, -0.05) is 47.6 Å². The maximum atomic E-state index is 12.2. The van der Waals surface area contributed by atoms with Crippen LogP contribution in [-0.4, -0.2) is 11.2 Å². The molecule has 23 heavy (non-hydrogen) atoms. The molecule has 0 fully saturated rings. The minimum atomic E-state index is -0.607. The van der Waals surface area contributed by atoms with E-state index in [9.17, 15) is 9.59 Å². The first kappa shape index (κ1) is 14.5. The average Bonchev–Trinajstić information content (AvgIpc) is 2.86. The number of rotatable bonds is 2. The van der Waals surface area contributed by atoms with E-state index in [1.807, 2.05) is 6.07 Å². The van der Waals surface area contributed by atoms with Gasteiger partial charge in [-0.15, -0.1) is 0 Å². The molecule has 0 spiro atoms. The first-order chi connectivity index (χ1) is 11.2. The van der Waals surface area contributed by atoms with Crippen molar-refractivity contribution in [3.63, 3.8) is 0 Å². The van der Waals surface area contributed by atoms with Crippen LogP contribution >= 0.6 is 0 Å². The van der Waals surface area contributed by atoms with Gasteiger partial charge in [0.25, 0.3) is 0 Å². The van der Waals surface area contributed by atoms with Crippen molar-refractivity contribution in [1.82, 2.24) is 5.43 Å². The molecule has 3 N–H and O–H groups in total. The molecular formula is C16H12N4O3. The van der Waals surface area contributed by atoms with Gasteiger partial charge in [0.15, 0.2) is 5.36 Å². The number of hydrogen-bond acceptors (Lipinski definition) is 5. The second kappa shape index (κ2) is 6.10. The normalized spacial score (nSPS) is 12.5. The fourth-order valence-electron chi connectivity index (χ4n) is 2.24. The molecule has 3 aromatic carbocycles. The summed E-state index contributed by atoms with van der Waals surface area (Å²) in [4.78, 5) is 24.0. The highest BCUT2D eigenvalue weighted by Crippen LogP contribution is 2.04. The highest BCUT2D eigenvalue weighted by molar-refractivity contribution is 5.89. The number of benzene rings is 2. The summed E-state index contributed by atoms with van der Waals surface area (Å²) in [5.41, 5.74) is 2.40. The van der Waals surface area contributed by atoms with Gasteiger partial charge in [-0.05, 0) is 12.1 Å². The second-order valence-electron chi connectivity index (χ2n) is 4.72. The van der Waals surface area contributed by atoms with Gasteiger partial charge in [0.05, 0.1) is 0 Å². The molecule has 0 atom stereocenters. The Morgan fingerprint density at radius 1 is 0.913 bits per heavy atom. The van der Waals surface area contributed by atoms with E-state index >= 15 is 0 Å². The van der Waals surface area contributed by atoms with Gasteiger partial charge in [0.1, 0.15) is 5.36 Å². The summed E-state index contributed by atoms with van der Waals surface area (Å²) in [6.07, 6.45) is 0. The van der Waals surface area contributed by atoms with Crippen molar-refractivity contribution in [3.8, 4) is 0 Å². The molecular weight excluding hydrogens is 296 g/mol. The van der Waals surface area contributed by atoms with Crippen LogP contribution in [0.25, 0.3) is 10.8 Å². The molecule has 7 nitrogen and oxygen atoms in total. The number of anilines is 1. The van der Waals surface area contributed by atoms with E-state index in [2.05, 4.69) is 21.0 Å². The smallest absolute Gasteiger partial charge is 0.339 e. The molecule has 0 bridgehead atoms. The minimum Gasteiger partial charge on any atom is -0.410 e. The lowest BCUT2D eigenvalue weighted by Crippen LogP contribution is -2.37. The fraction of sp³-hybridized carbons (Fsp3) is 0. The number of nitrogens with zero attached hydrogens (tertiary/aromatic N) is 2. The third-order valence-corrected chi connectivity index (χ3v) is 3.27. The van der Waals surface area contributed by atoms with Crippen LogP contribution in [0.3, 0.4) is 0 Å². The predicted molar refractivity (Wildman–Crippen MR) is 84.1 cm³/mol. The van der Waals surface area contributed by atoms with Crippen LogP contribution in [0, 0.1) is 0 Å². The minimum absolute atomic E-state index is 0.0330. The molecule has 114 valence electrons. The Balaban J connectivity index is 1.94. The van der Waals surface area contributed by atoms with E-state index < -0.39 is 11.5 Å². The lowest BCUT2D eigenvalue weighted by molar-refractivity contribution is 0.252. The summed E-state index contributed by atoms with van der Waals surface area (Å²) < 4.78 is 0. The van der Waals surface area contributed by atoms with E-state index in [1.54, 1.807) is 48.5 Å². The standard InChI is InChI=1S/C16H12N4O3/c21-15-12-9-5-4-8-11(12)13(20-23)14(15)18-19-16(22)17-10-6-2-1-3-7-10/h1-9,23H,(H2,17,19,22). The van der Waals surface area contributed by atoms with Crippen molar-refractivity contribution < 1.29 is 10.0 Å². The van der Waals surface area contributed by atoms with E-state index in [1.165, 1.54) is 0 Å². The topological polar surface area (TPSA) is 103 Å². The summed E-state index contributed by atoms with van der Waals surface area (Å²) in [7, 11) is 0. The number of hydrogen-bond donors (Lipinski definition) is 3. The van der Waals surface area contributed by atoms with Crippen LogP contribution in [0.15, 0.2) is 69.6 Å². The molecule has 0 radical (unpaired) electrons. The van der Waals surface area contributed by atoms with Gasteiger partial charge in [-0.3, -0.25) is 4.79 Å². The summed E-state index contributed by atoms with van der Waals surface area (Å²) in [5, 5.41) is 19.4. The van der Waals surface area contributed by atoms with Gasteiger partial charge in [0.2, 0.25) is 5.43 Å². The molecule has 0 aromatic heterocycles. The Kier molecular flexibility index (Phi) is 3.84. The Labute approximate surface area is 129 Å². The lowest BCUT2D eigenvalue weighted by Gasteiger charge is -2.02.